The Balaban J connectivity index is 2.50. The van der Waals surface area contributed by atoms with Crippen LogP contribution in [-0.4, -0.2) is 25.8 Å². The van der Waals surface area contributed by atoms with Crippen molar-refractivity contribution in [2.45, 2.75) is 26.4 Å². The van der Waals surface area contributed by atoms with E-state index in [2.05, 4.69) is 4.72 Å². The molecule has 0 saturated heterocycles. The molecule has 0 heterocycles. The third-order valence-electron chi connectivity index (χ3n) is 2.88. The summed E-state index contributed by atoms with van der Waals surface area (Å²) in [7, 11) is -3.31. The highest BCUT2D eigenvalue weighted by Crippen LogP contribution is 2.11. The number of rotatable bonds is 7. The van der Waals surface area contributed by atoms with E-state index in [0.717, 1.165) is 6.42 Å². The van der Waals surface area contributed by atoms with E-state index in [4.69, 9.17) is 0 Å². The van der Waals surface area contributed by atoms with Gasteiger partial charge in [-0.2, -0.15) is 0 Å². The summed E-state index contributed by atoms with van der Waals surface area (Å²) >= 11 is 0. The van der Waals surface area contributed by atoms with Gasteiger partial charge in [-0.15, -0.1) is 0 Å². The molecule has 2 atom stereocenters. The van der Waals surface area contributed by atoms with Crippen molar-refractivity contribution in [1.29, 1.82) is 0 Å². The number of benzene rings is 1. The van der Waals surface area contributed by atoms with Crippen molar-refractivity contribution in [3.05, 3.63) is 35.9 Å². The van der Waals surface area contributed by atoms with Gasteiger partial charge >= 0.3 is 0 Å². The molecule has 1 aromatic rings. The maximum Gasteiger partial charge on any atom is 0.211 e. The first-order valence-corrected chi connectivity index (χ1v) is 7.80. The van der Waals surface area contributed by atoms with E-state index in [9.17, 15) is 13.5 Å². The van der Waals surface area contributed by atoms with Crippen LogP contribution in [0, 0.1) is 5.92 Å². The van der Waals surface area contributed by atoms with E-state index in [1.807, 2.05) is 32.0 Å². The second-order valence-corrected chi connectivity index (χ2v) is 6.42. The van der Waals surface area contributed by atoms with Crippen molar-refractivity contribution in [2.24, 2.45) is 5.92 Å². The number of nitrogens with one attached hydrogen (secondary N) is 1. The van der Waals surface area contributed by atoms with Crippen LogP contribution in [0.15, 0.2) is 30.3 Å². The highest BCUT2D eigenvalue weighted by molar-refractivity contribution is 7.89. The van der Waals surface area contributed by atoms with Crippen LogP contribution >= 0.6 is 0 Å². The van der Waals surface area contributed by atoms with Gasteiger partial charge in [0.05, 0.1) is 11.9 Å². The molecule has 5 heteroatoms. The summed E-state index contributed by atoms with van der Waals surface area (Å²) in [6.07, 6.45) is 0.0141. The molecule has 102 valence electrons. The Morgan fingerprint density at radius 3 is 2.44 bits per heavy atom. The predicted octanol–water partition coefficient (Wildman–Crippen LogP) is 1.69. The number of aliphatic hydroxyl groups excluding tert-OH is 1. The highest BCUT2D eigenvalue weighted by Gasteiger charge is 2.16. The molecule has 0 unspecified atom stereocenters. The molecular weight excluding hydrogens is 250 g/mol. The third-order valence-corrected chi connectivity index (χ3v) is 4.50. The van der Waals surface area contributed by atoms with Gasteiger partial charge in [0.1, 0.15) is 0 Å². The SMILES string of the molecule is CC[C@H](C)CS(=O)(=O)NC[C@@H](O)c1ccccc1. The summed E-state index contributed by atoms with van der Waals surface area (Å²) in [5.41, 5.74) is 0.712. The van der Waals surface area contributed by atoms with Crippen LogP contribution in [0.4, 0.5) is 0 Å². The summed E-state index contributed by atoms with van der Waals surface area (Å²) in [5, 5.41) is 9.85. The highest BCUT2D eigenvalue weighted by atomic mass is 32.2. The number of sulfonamides is 1. The zero-order chi connectivity index (χ0) is 13.6. The number of hydrogen-bond acceptors (Lipinski definition) is 3. The summed E-state index contributed by atoms with van der Waals surface area (Å²) in [6.45, 7) is 3.87. The van der Waals surface area contributed by atoms with Crippen LogP contribution in [0.5, 0.6) is 0 Å². The molecule has 0 amide bonds. The Morgan fingerprint density at radius 2 is 1.89 bits per heavy atom. The van der Waals surface area contributed by atoms with Crippen molar-refractivity contribution in [1.82, 2.24) is 4.72 Å². The molecule has 1 aromatic carbocycles. The minimum atomic E-state index is -3.31. The van der Waals surface area contributed by atoms with Gasteiger partial charge in [0, 0.05) is 6.54 Å². The molecule has 0 aliphatic carbocycles. The van der Waals surface area contributed by atoms with E-state index in [1.165, 1.54) is 0 Å². The second kappa shape index (κ2) is 6.87. The average molecular weight is 271 g/mol. The lowest BCUT2D eigenvalue weighted by molar-refractivity contribution is 0.182. The minimum absolute atomic E-state index is 0.0166. The van der Waals surface area contributed by atoms with Crippen molar-refractivity contribution < 1.29 is 13.5 Å². The van der Waals surface area contributed by atoms with E-state index in [0.29, 0.717) is 5.56 Å². The molecule has 0 bridgehead atoms. The van der Waals surface area contributed by atoms with Crippen LogP contribution in [0.3, 0.4) is 0 Å². The zero-order valence-electron chi connectivity index (χ0n) is 10.8. The second-order valence-electron chi connectivity index (χ2n) is 4.57. The lowest BCUT2D eigenvalue weighted by atomic mass is 10.1. The van der Waals surface area contributed by atoms with Crippen molar-refractivity contribution >= 4 is 10.0 Å². The van der Waals surface area contributed by atoms with Crippen molar-refractivity contribution in [2.75, 3.05) is 12.3 Å². The fraction of sp³-hybridized carbons (Fsp3) is 0.538. The van der Waals surface area contributed by atoms with Crippen LogP contribution in [0.1, 0.15) is 31.9 Å². The van der Waals surface area contributed by atoms with E-state index < -0.39 is 16.1 Å². The monoisotopic (exact) mass is 271 g/mol. The molecule has 0 saturated carbocycles. The van der Waals surface area contributed by atoms with Crippen LogP contribution in [-0.2, 0) is 10.0 Å². The Morgan fingerprint density at radius 1 is 1.28 bits per heavy atom. The van der Waals surface area contributed by atoms with Crippen LogP contribution < -0.4 is 4.72 Å². The summed E-state index contributed by atoms with van der Waals surface area (Å²) < 4.78 is 25.9. The standard InChI is InChI=1S/C13H21NO3S/c1-3-11(2)10-18(16,17)14-9-13(15)12-7-5-4-6-8-12/h4-8,11,13-15H,3,9-10H2,1-2H3/t11-,13+/m0/s1. The minimum Gasteiger partial charge on any atom is -0.387 e. The zero-order valence-corrected chi connectivity index (χ0v) is 11.7. The van der Waals surface area contributed by atoms with Gasteiger partial charge in [0.25, 0.3) is 0 Å². The van der Waals surface area contributed by atoms with Gasteiger partial charge in [0.2, 0.25) is 10.0 Å². The molecule has 4 nitrogen and oxygen atoms in total. The molecule has 0 aliphatic heterocycles. The largest absolute Gasteiger partial charge is 0.387 e. The first-order chi connectivity index (χ1) is 8.44. The van der Waals surface area contributed by atoms with E-state index in [-0.39, 0.29) is 18.2 Å². The van der Waals surface area contributed by atoms with E-state index in [1.54, 1.807) is 12.1 Å². The third kappa shape index (κ3) is 5.16. The molecule has 0 aliphatic rings. The van der Waals surface area contributed by atoms with Gasteiger partial charge in [0.15, 0.2) is 0 Å². The Hall–Kier alpha value is -0.910. The summed E-state index contributed by atoms with van der Waals surface area (Å²) in [6, 6.07) is 9.02. The molecule has 0 spiro atoms. The van der Waals surface area contributed by atoms with Gasteiger partial charge < -0.3 is 5.11 Å². The number of aliphatic hydroxyl groups is 1. The number of hydrogen-bond donors (Lipinski definition) is 2. The first kappa shape index (κ1) is 15.1. The van der Waals surface area contributed by atoms with E-state index >= 15 is 0 Å². The Kier molecular flexibility index (Phi) is 5.78. The quantitative estimate of drug-likeness (QED) is 0.793. The Labute approximate surface area is 109 Å². The normalized spacial score (nSPS) is 15.3. The molecule has 18 heavy (non-hydrogen) atoms. The summed E-state index contributed by atoms with van der Waals surface area (Å²) in [5.74, 6) is 0.224. The van der Waals surface area contributed by atoms with Gasteiger partial charge in [-0.3, -0.25) is 0 Å². The lowest BCUT2D eigenvalue weighted by Gasteiger charge is -2.14. The van der Waals surface area contributed by atoms with Crippen molar-refractivity contribution in [3.8, 4) is 0 Å². The van der Waals surface area contributed by atoms with Crippen LogP contribution in [0.2, 0.25) is 0 Å². The molecule has 0 fully saturated rings. The summed E-state index contributed by atoms with van der Waals surface area (Å²) in [4.78, 5) is 0. The molecule has 2 N–H and O–H groups in total. The van der Waals surface area contributed by atoms with Crippen LogP contribution in [0.25, 0.3) is 0 Å². The Bertz CT molecular complexity index is 445. The lowest BCUT2D eigenvalue weighted by Crippen LogP contribution is -2.32. The predicted molar refractivity (Wildman–Crippen MR) is 72.6 cm³/mol. The fourth-order valence-electron chi connectivity index (χ4n) is 1.55. The smallest absolute Gasteiger partial charge is 0.211 e. The molecule has 0 radical (unpaired) electrons. The average Bonchev–Trinajstić information content (AvgIpc) is 2.36. The maximum absolute atomic E-state index is 11.7. The molecular formula is C13H21NO3S. The topological polar surface area (TPSA) is 66.4 Å². The molecule has 1 rings (SSSR count). The van der Waals surface area contributed by atoms with Gasteiger partial charge in [-0.05, 0) is 11.5 Å². The van der Waals surface area contributed by atoms with Crippen molar-refractivity contribution in [3.63, 3.8) is 0 Å². The van der Waals surface area contributed by atoms with Gasteiger partial charge in [-0.1, -0.05) is 50.6 Å². The molecule has 0 aromatic heterocycles. The van der Waals surface area contributed by atoms with Gasteiger partial charge in [-0.25, -0.2) is 13.1 Å². The first-order valence-electron chi connectivity index (χ1n) is 6.15. The maximum atomic E-state index is 11.7. The fourth-order valence-corrected chi connectivity index (χ4v) is 3.06.